The lowest BCUT2D eigenvalue weighted by Crippen LogP contribution is -2.32. The van der Waals surface area contributed by atoms with E-state index in [1.807, 2.05) is 93.6 Å². The molecule has 5 nitrogen and oxygen atoms in total. The predicted molar refractivity (Wildman–Crippen MR) is 129 cm³/mol. The summed E-state index contributed by atoms with van der Waals surface area (Å²) in [6.07, 6.45) is 0.472. The molecule has 0 unspecified atom stereocenters. The topological polar surface area (TPSA) is 67.4 Å². The van der Waals surface area contributed by atoms with E-state index in [2.05, 4.69) is 17.6 Å². The zero-order valence-corrected chi connectivity index (χ0v) is 19.1. The Bertz CT molecular complexity index is 1080. The van der Waals surface area contributed by atoms with Crippen LogP contribution in [0, 0.1) is 0 Å². The summed E-state index contributed by atoms with van der Waals surface area (Å²) in [6, 6.07) is 23.1. The molecule has 0 saturated carbocycles. The van der Waals surface area contributed by atoms with Gasteiger partial charge in [0.2, 0.25) is 0 Å². The fraction of sp³-hybridized carbons (Fsp3) is 0.259. The molecule has 0 radical (unpaired) electrons. The Hall–Kier alpha value is -3.60. The lowest BCUT2D eigenvalue weighted by Gasteiger charge is -2.20. The van der Waals surface area contributed by atoms with Crippen molar-refractivity contribution >= 4 is 17.7 Å². The molecule has 32 heavy (non-hydrogen) atoms. The number of alkyl carbamates (subject to hydrolysis) is 1. The molecule has 0 fully saturated rings. The van der Waals surface area contributed by atoms with Crippen LogP contribution in [0.5, 0.6) is 0 Å². The average molecular weight is 431 g/mol. The van der Waals surface area contributed by atoms with Gasteiger partial charge in [-0.1, -0.05) is 61.5 Å². The molecule has 0 aromatic heterocycles. The van der Waals surface area contributed by atoms with Gasteiger partial charge in [0.1, 0.15) is 5.60 Å². The van der Waals surface area contributed by atoms with E-state index in [1.165, 1.54) is 5.56 Å². The number of ether oxygens (including phenoxy) is 1. The van der Waals surface area contributed by atoms with E-state index in [-0.39, 0.29) is 5.91 Å². The maximum absolute atomic E-state index is 13.1. The van der Waals surface area contributed by atoms with E-state index in [1.54, 1.807) is 0 Å². The first kappa shape index (κ1) is 23.1. The first-order valence-electron chi connectivity index (χ1n) is 10.8. The number of amides is 2. The Balaban J connectivity index is 1.83. The molecule has 0 aliphatic carbocycles. The largest absolute Gasteiger partial charge is 0.444 e. The molecular weight excluding hydrogens is 400 g/mol. The average Bonchev–Trinajstić information content (AvgIpc) is 2.77. The first-order valence-corrected chi connectivity index (χ1v) is 10.8. The molecule has 166 valence electrons. The predicted octanol–water partition coefficient (Wildman–Crippen LogP) is 6.19. The second kappa shape index (κ2) is 10.1. The van der Waals surface area contributed by atoms with Crippen molar-refractivity contribution in [2.75, 3.05) is 5.32 Å². The molecule has 0 heterocycles. The molecule has 3 aromatic rings. The Kier molecular flexibility index (Phi) is 7.31. The van der Waals surface area contributed by atoms with Gasteiger partial charge in [-0.05, 0) is 67.6 Å². The molecule has 2 amide bonds. The van der Waals surface area contributed by atoms with Gasteiger partial charge in [-0.15, -0.1) is 0 Å². The Morgan fingerprint density at radius 2 is 1.47 bits per heavy atom. The van der Waals surface area contributed by atoms with Gasteiger partial charge in [0.25, 0.3) is 5.91 Å². The van der Waals surface area contributed by atoms with Crippen LogP contribution in [0.3, 0.4) is 0 Å². The van der Waals surface area contributed by atoms with E-state index in [9.17, 15) is 9.59 Å². The Morgan fingerprint density at radius 3 is 2.12 bits per heavy atom. The number of carbonyl (C=O) groups is 2. The number of benzene rings is 3. The summed E-state index contributed by atoms with van der Waals surface area (Å²) in [7, 11) is 0. The SMILES string of the molecule is CCc1ccc(NC(=O)c2ccccc2-c2ccccc2CNC(=O)OC(C)(C)C)cc1. The summed E-state index contributed by atoms with van der Waals surface area (Å²) in [5.74, 6) is -0.181. The minimum atomic E-state index is -0.566. The number of carbonyl (C=O) groups excluding carboxylic acids is 2. The lowest BCUT2D eigenvalue weighted by atomic mass is 9.95. The third-order valence-corrected chi connectivity index (χ3v) is 4.92. The van der Waals surface area contributed by atoms with Crippen molar-refractivity contribution < 1.29 is 14.3 Å². The normalized spacial score (nSPS) is 11.0. The fourth-order valence-corrected chi connectivity index (χ4v) is 3.36. The molecule has 2 N–H and O–H groups in total. The van der Waals surface area contributed by atoms with Crippen LogP contribution in [0.15, 0.2) is 72.8 Å². The Morgan fingerprint density at radius 1 is 0.844 bits per heavy atom. The van der Waals surface area contributed by atoms with Crippen molar-refractivity contribution in [1.82, 2.24) is 5.32 Å². The quantitative estimate of drug-likeness (QED) is 0.490. The first-order chi connectivity index (χ1) is 15.3. The van der Waals surface area contributed by atoms with Gasteiger partial charge in [-0.2, -0.15) is 0 Å². The highest BCUT2D eigenvalue weighted by atomic mass is 16.6. The van der Waals surface area contributed by atoms with Crippen molar-refractivity contribution in [3.8, 4) is 11.1 Å². The standard InChI is InChI=1S/C27H30N2O3/c1-5-19-14-16-21(17-15-19)29-25(30)24-13-9-8-12-23(24)22-11-7-6-10-20(22)18-28-26(31)32-27(2,3)4/h6-17H,5,18H2,1-4H3,(H,28,31)(H,29,30). The number of aryl methyl sites for hydroxylation is 1. The van der Waals surface area contributed by atoms with Gasteiger partial charge in [-0.25, -0.2) is 4.79 Å². The summed E-state index contributed by atoms with van der Waals surface area (Å²) in [5, 5.41) is 5.79. The van der Waals surface area contributed by atoms with E-state index in [0.29, 0.717) is 12.1 Å². The van der Waals surface area contributed by atoms with Crippen LogP contribution in [-0.2, 0) is 17.7 Å². The monoisotopic (exact) mass is 430 g/mol. The van der Waals surface area contributed by atoms with Crippen LogP contribution < -0.4 is 10.6 Å². The highest BCUT2D eigenvalue weighted by Gasteiger charge is 2.18. The highest BCUT2D eigenvalue weighted by Crippen LogP contribution is 2.28. The zero-order valence-electron chi connectivity index (χ0n) is 19.1. The summed E-state index contributed by atoms with van der Waals surface area (Å²) in [6.45, 7) is 7.86. The van der Waals surface area contributed by atoms with Crippen LogP contribution in [0.2, 0.25) is 0 Å². The molecule has 0 bridgehead atoms. The van der Waals surface area contributed by atoms with Crippen molar-refractivity contribution in [2.45, 2.75) is 46.3 Å². The van der Waals surface area contributed by atoms with E-state index >= 15 is 0 Å². The highest BCUT2D eigenvalue weighted by molar-refractivity contribution is 6.08. The van der Waals surface area contributed by atoms with Gasteiger partial charge in [0, 0.05) is 17.8 Å². The van der Waals surface area contributed by atoms with Crippen molar-refractivity contribution in [3.05, 3.63) is 89.5 Å². The van der Waals surface area contributed by atoms with Gasteiger partial charge in [0.15, 0.2) is 0 Å². The molecule has 5 heteroatoms. The Labute approximate surface area is 189 Å². The maximum Gasteiger partial charge on any atom is 0.407 e. The van der Waals surface area contributed by atoms with Crippen LogP contribution >= 0.6 is 0 Å². The fourth-order valence-electron chi connectivity index (χ4n) is 3.36. The van der Waals surface area contributed by atoms with Crippen molar-refractivity contribution in [3.63, 3.8) is 0 Å². The molecule has 0 saturated heterocycles. The third kappa shape index (κ3) is 6.20. The van der Waals surface area contributed by atoms with Gasteiger partial charge in [-0.3, -0.25) is 4.79 Å². The molecule has 3 aromatic carbocycles. The van der Waals surface area contributed by atoms with Crippen LogP contribution in [0.25, 0.3) is 11.1 Å². The second-order valence-electron chi connectivity index (χ2n) is 8.56. The number of anilines is 1. The summed E-state index contributed by atoms with van der Waals surface area (Å²) < 4.78 is 5.34. The molecule has 0 aliphatic heterocycles. The van der Waals surface area contributed by atoms with Crippen molar-refractivity contribution in [2.24, 2.45) is 0 Å². The molecule has 0 aliphatic rings. The number of nitrogens with one attached hydrogen (secondary N) is 2. The summed E-state index contributed by atoms with van der Waals surface area (Å²) in [4.78, 5) is 25.2. The zero-order chi connectivity index (χ0) is 23.1. The van der Waals surface area contributed by atoms with Gasteiger partial charge in [0.05, 0.1) is 0 Å². The third-order valence-electron chi connectivity index (χ3n) is 4.92. The number of hydrogen-bond acceptors (Lipinski definition) is 3. The number of hydrogen-bond donors (Lipinski definition) is 2. The van der Waals surface area contributed by atoms with E-state index in [0.717, 1.165) is 28.8 Å². The van der Waals surface area contributed by atoms with Gasteiger partial charge < -0.3 is 15.4 Å². The van der Waals surface area contributed by atoms with Crippen LogP contribution in [0.4, 0.5) is 10.5 Å². The minimum absolute atomic E-state index is 0.181. The smallest absolute Gasteiger partial charge is 0.407 e. The number of rotatable bonds is 6. The van der Waals surface area contributed by atoms with Crippen molar-refractivity contribution in [1.29, 1.82) is 0 Å². The minimum Gasteiger partial charge on any atom is -0.444 e. The summed E-state index contributed by atoms with van der Waals surface area (Å²) in [5.41, 5.74) is 4.55. The summed E-state index contributed by atoms with van der Waals surface area (Å²) >= 11 is 0. The van der Waals surface area contributed by atoms with Gasteiger partial charge >= 0.3 is 6.09 Å². The van der Waals surface area contributed by atoms with E-state index < -0.39 is 11.7 Å². The maximum atomic E-state index is 13.1. The van der Waals surface area contributed by atoms with Crippen LogP contribution in [0.1, 0.15) is 49.2 Å². The molecular formula is C27H30N2O3. The molecule has 0 atom stereocenters. The second-order valence-corrected chi connectivity index (χ2v) is 8.56. The lowest BCUT2D eigenvalue weighted by molar-refractivity contribution is 0.0523. The van der Waals surface area contributed by atoms with Crippen LogP contribution in [-0.4, -0.2) is 17.6 Å². The molecule has 0 spiro atoms. The van der Waals surface area contributed by atoms with E-state index in [4.69, 9.17) is 4.74 Å². The molecule has 3 rings (SSSR count).